The molecule has 5 aliphatic rings. The van der Waals surface area contributed by atoms with Gasteiger partial charge in [0.25, 0.3) is 5.91 Å². The molecule has 9 nitrogen and oxygen atoms in total. The highest BCUT2D eigenvalue weighted by Crippen LogP contribution is 2.64. The Morgan fingerprint density at radius 1 is 1.32 bits per heavy atom. The molecule has 2 aromatic heterocycles. The molecule has 7 rings (SSSR count). The monoisotopic (exact) mass is 469 g/mol. The number of aromatic amines is 1. The van der Waals surface area contributed by atoms with Crippen molar-refractivity contribution in [2.24, 2.45) is 23.0 Å². The first-order valence-corrected chi connectivity index (χ1v) is 11.8. The van der Waals surface area contributed by atoms with Crippen molar-refractivity contribution in [2.75, 3.05) is 20.3 Å². The summed E-state index contributed by atoms with van der Waals surface area (Å²) in [6, 6.07) is 3.01. The number of piperidine rings is 1. The van der Waals surface area contributed by atoms with E-state index in [2.05, 4.69) is 15.2 Å². The normalized spacial score (nSPS) is 33.6. The molecule has 34 heavy (non-hydrogen) atoms. The van der Waals surface area contributed by atoms with Crippen molar-refractivity contribution < 1.29 is 23.5 Å². The lowest BCUT2D eigenvalue weighted by Gasteiger charge is -2.42. The number of nitrogens with two attached hydrogens (primary N) is 1. The number of carbonyl (C=O) groups excluding carboxylic acids is 2. The van der Waals surface area contributed by atoms with E-state index in [-0.39, 0.29) is 40.1 Å². The minimum absolute atomic E-state index is 0.183. The molecule has 3 aliphatic heterocycles. The third-order valence-corrected chi connectivity index (χ3v) is 8.44. The molecule has 2 amide bonds. The Morgan fingerprint density at radius 3 is 2.85 bits per heavy atom. The van der Waals surface area contributed by atoms with Crippen molar-refractivity contribution in [2.45, 2.75) is 50.2 Å². The molecular formula is C24H28FN5O4. The lowest BCUT2D eigenvalue weighted by molar-refractivity contribution is -0.124. The van der Waals surface area contributed by atoms with E-state index in [1.54, 1.807) is 6.07 Å². The van der Waals surface area contributed by atoms with Gasteiger partial charge in [-0.1, -0.05) is 0 Å². The Kier molecular flexibility index (Phi) is 4.74. The molecule has 3 N–H and O–H groups in total. The van der Waals surface area contributed by atoms with Gasteiger partial charge in [0.05, 0.1) is 31.7 Å². The second kappa shape index (κ2) is 7.49. The molecule has 180 valence electrons. The maximum Gasteiger partial charge on any atom is 0.272 e. The fraction of sp³-hybridized carbons (Fsp3) is 0.583. The maximum absolute atomic E-state index is 14.4. The largest absolute Gasteiger partial charge is 0.481 e. The van der Waals surface area contributed by atoms with Crippen molar-refractivity contribution in [3.05, 3.63) is 29.8 Å². The highest BCUT2D eigenvalue weighted by Gasteiger charge is 2.65. The molecule has 10 heteroatoms. The molecule has 1 spiro atoms. The van der Waals surface area contributed by atoms with Crippen molar-refractivity contribution in [3.63, 3.8) is 0 Å². The summed E-state index contributed by atoms with van der Waals surface area (Å²) in [5.74, 6) is -0.675. The van der Waals surface area contributed by atoms with Gasteiger partial charge in [0.15, 0.2) is 5.82 Å². The Bertz CT molecular complexity index is 1160. The van der Waals surface area contributed by atoms with Gasteiger partial charge in [0, 0.05) is 29.6 Å². The average molecular weight is 470 g/mol. The molecule has 0 radical (unpaired) electrons. The Hall–Kier alpha value is -3.01. The first-order chi connectivity index (χ1) is 16.3. The van der Waals surface area contributed by atoms with E-state index < -0.39 is 5.82 Å². The van der Waals surface area contributed by atoms with Crippen molar-refractivity contribution in [1.82, 2.24) is 20.1 Å². The van der Waals surface area contributed by atoms with E-state index in [0.29, 0.717) is 42.8 Å². The molecule has 2 aliphatic carbocycles. The number of H-pyrrole nitrogens is 1. The van der Waals surface area contributed by atoms with Crippen LogP contribution in [0.15, 0.2) is 18.3 Å². The van der Waals surface area contributed by atoms with Gasteiger partial charge >= 0.3 is 0 Å². The Labute approximate surface area is 196 Å². The molecule has 5 heterocycles. The topological polar surface area (TPSA) is 123 Å². The first kappa shape index (κ1) is 21.5. The number of rotatable bonds is 6. The van der Waals surface area contributed by atoms with Gasteiger partial charge < -0.3 is 20.1 Å². The number of nitrogens with zero attached hydrogens (tertiary/aromatic N) is 3. The zero-order chi connectivity index (χ0) is 23.7. The molecule has 2 saturated carbocycles. The van der Waals surface area contributed by atoms with Crippen LogP contribution >= 0.6 is 0 Å². The van der Waals surface area contributed by atoms with Crippen molar-refractivity contribution in [3.8, 4) is 17.1 Å². The minimum atomic E-state index is -0.552. The standard InChI is InChI=1S/C24H28FN5O4/c1-33-20-4-16(17(25)11-27-20)18-5-19(29-28-18)22(32)30-3-2-13(21(26)31)6-24(30)8-14(24)7-23-9-15(10-23)34-12-23/h4-5,11,13-15H,2-3,6-10,12H2,1H3,(H2,26,31)(H,28,29). The zero-order valence-electron chi connectivity index (χ0n) is 19.1. The number of primary amides is 1. The smallest absolute Gasteiger partial charge is 0.272 e. The van der Waals surface area contributed by atoms with Gasteiger partial charge in [0.2, 0.25) is 11.8 Å². The minimum Gasteiger partial charge on any atom is -0.481 e. The summed E-state index contributed by atoms with van der Waals surface area (Å²) in [5.41, 5.74) is 6.33. The molecule has 3 unspecified atom stereocenters. The molecule has 2 bridgehead atoms. The van der Waals surface area contributed by atoms with E-state index >= 15 is 0 Å². The second-order valence-corrected chi connectivity index (χ2v) is 10.5. The van der Waals surface area contributed by atoms with Gasteiger partial charge in [-0.25, -0.2) is 9.37 Å². The van der Waals surface area contributed by atoms with Crippen LogP contribution in [0.3, 0.4) is 0 Å². The summed E-state index contributed by atoms with van der Waals surface area (Å²) in [7, 11) is 1.45. The summed E-state index contributed by atoms with van der Waals surface area (Å²) in [6.45, 7) is 1.25. The number of likely N-dealkylation sites (tertiary alicyclic amines) is 1. The molecule has 2 aromatic rings. The predicted molar refractivity (Wildman–Crippen MR) is 118 cm³/mol. The number of aromatic nitrogens is 3. The van der Waals surface area contributed by atoms with Crippen LogP contribution in [0.5, 0.6) is 5.88 Å². The summed E-state index contributed by atoms with van der Waals surface area (Å²) < 4.78 is 25.3. The van der Waals surface area contributed by atoms with E-state index in [1.807, 2.05) is 4.90 Å². The van der Waals surface area contributed by atoms with E-state index in [1.165, 1.54) is 13.2 Å². The number of carbonyl (C=O) groups is 2. The lowest BCUT2D eigenvalue weighted by atomic mass is 9.66. The number of amides is 2. The molecular weight excluding hydrogens is 441 g/mol. The number of pyridine rings is 1. The lowest BCUT2D eigenvalue weighted by Crippen LogP contribution is -2.52. The summed E-state index contributed by atoms with van der Waals surface area (Å²) >= 11 is 0. The van der Waals surface area contributed by atoms with E-state index in [0.717, 1.165) is 38.5 Å². The Morgan fingerprint density at radius 2 is 2.15 bits per heavy atom. The number of ether oxygens (including phenoxy) is 2. The maximum atomic E-state index is 14.4. The third kappa shape index (κ3) is 3.30. The van der Waals surface area contributed by atoms with Crippen LogP contribution in [0, 0.1) is 23.1 Å². The van der Waals surface area contributed by atoms with E-state index in [9.17, 15) is 14.0 Å². The van der Waals surface area contributed by atoms with Gasteiger partial charge in [-0.05, 0) is 55.9 Å². The van der Waals surface area contributed by atoms with Gasteiger partial charge in [-0.3, -0.25) is 14.7 Å². The highest BCUT2D eigenvalue weighted by atomic mass is 19.1. The number of hydrogen-bond acceptors (Lipinski definition) is 6. The van der Waals surface area contributed by atoms with Crippen molar-refractivity contribution >= 4 is 11.8 Å². The third-order valence-electron chi connectivity index (χ3n) is 8.44. The molecule has 3 saturated heterocycles. The predicted octanol–water partition coefficient (Wildman–Crippen LogP) is 2.28. The van der Waals surface area contributed by atoms with Crippen LogP contribution < -0.4 is 10.5 Å². The fourth-order valence-corrected chi connectivity index (χ4v) is 6.53. The van der Waals surface area contributed by atoms with Gasteiger partial charge in [-0.2, -0.15) is 5.10 Å². The number of methoxy groups -OCH3 is 1. The SMILES string of the molecule is COc1cc(-c2cc(C(=O)N3CCC(C(N)=O)CC34CC4CC34COC(C3)C4)[nH]n2)c(F)cn1. The molecule has 3 atom stereocenters. The van der Waals surface area contributed by atoms with Gasteiger partial charge in [0.1, 0.15) is 5.69 Å². The van der Waals surface area contributed by atoms with Crippen LogP contribution in [-0.4, -0.2) is 63.8 Å². The fourth-order valence-electron chi connectivity index (χ4n) is 6.53. The first-order valence-electron chi connectivity index (χ1n) is 11.8. The van der Waals surface area contributed by atoms with Crippen LogP contribution in [0.25, 0.3) is 11.3 Å². The van der Waals surface area contributed by atoms with Crippen LogP contribution in [-0.2, 0) is 9.53 Å². The number of nitrogens with one attached hydrogen (secondary N) is 1. The summed E-state index contributed by atoms with van der Waals surface area (Å²) in [6.07, 6.45) is 6.67. The molecule has 0 aromatic carbocycles. The highest BCUT2D eigenvalue weighted by molar-refractivity contribution is 5.94. The molecule has 5 fully saturated rings. The van der Waals surface area contributed by atoms with Gasteiger partial charge in [-0.15, -0.1) is 0 Å². The van der Waals surface area contributed by atoms with Crippen LogP contribution in [0.2, 0.25) is 0 Å². The summed E-state index contributed by atoms with van der Waals surface area (Å²) in [5, 5.41) is 6.97. The van der Waals surface area contributed by atoms with Crippen LogP contribution in [0.4, 0.5) is 4.39 Å². The second-order valence-electron chi connectivity index (χ2n) is 10.5. The quantitative estimate of drug-likeness (QED) is 0.669. The van der Waals surface area contributed by atoms with E-state index in [4.69, 9.17) is 15.2 Å². The Balaban J connectivity index is 1.25. The number of fused-ring (bicyclic) bond motifs is 1. The zero-order valence-corrected chi connectivity index (χ0v) is 19.1. The van der Waals surface area contributed by atoms with Crippen LogP contribution in [0.1, 0.15) is 49.0 Å². The number of hydrogen-bond donors (Lipinski definition) is 2. The average Bonchev–Trinajstić information content (AvgIpc) is 3.24. The van der Waals surface area contributed by atoms with Crippen molar-refractivity contribution in [1.29, 1.82) is 0 Å². The summed E-state index contributed by atoms with van der Waals surface area (Å²) in [4.78, 5) is 31.4. The number of halogens is 1.